The van der Waals surface area contributed by atoms with E-state index < -0.39 is 151 Å². The first kappa shape index (κ1) is 75.4. The lowest BCUT2D eigenvalue weighted by atomic mass is 9.97. The lowest BCUT2D eigenvalue weighted by Crippen LogP contribution is -2.60. The van der Waals surface area contributed by atoms with Crippen molar-refractivity contribution in [2.75, 3.05) is 69.0 Å². The van der Waals surface area contributed by atoms with E-state index in [0.29, 0.717) is 28.6 Å². The van der Waals surface area contributed by atoms with Gasteiger partial charge in [-0.05, 0) is 92.2 Å². The molecule has 3 aromatic carbocycles. The Morgan fingerprint density at radius 2 is 1.09 bits per heavy atom. The summed E-state index contributed by atoms with van der Waals surface area (Å²) in [4.78, 5) is 167. The molecule has 22 nitrogen and oxygen atoms in total. The van der Waals surface area contributed by atoms with Crippen LogP contribution in [0.2, 0.25) is 5.02 Å². The monoisotopic (exact) mass is 1290 g/mol. The van der Waals surface area contributed by atoms with Crippen molar-refractivity contribution in [1.29, 1.82) is 0 Å². The van der Waals surface area contributed by atoms with Crippen molar-refractivity contribution in [2.24, 2.45) is 17.8 Å². The maximum Gasteiger partial charge on any atom is 0.246 e. The van der Waals surface area contributed by atoms with Gasteiger partial charge in [-0.3, -0.25) is 52.7 Å². The van der Waals surface area contributed by atoms with Crippen LogP contribution < -0.4 is 21.3 Å². The molecule has 4 N–H and O–H groups in total. The van der Waals surface area contributed by atoms with Crippen LogP contribution in [0.3, 0.4) is 0 Å². The summed E-state index contributed by atoms with van der Waals surface area (Å²) in [6.07, 6.45) is -0.315. The lowest BCUT2D eigenvalue weighted by Gasteiger charge is -2.37. The second-order valence-electron chi connectivity index (χ2n) is 25.0. The molecule has 1 fully saturated rings. The van der Waals surface area contributed by atoms with E-state index in [1.165, 1.54) is 77.0 Å². The molecule has 0 aliphatic carbocycles. The fraction of sp³-hybridized carbons (Fsp3) is 0.561. The largest absolute Gasteiger partial charge is 0.351 e. The molecule has 0 bridgehead atoms. The normalized spacial score (nSPS) is 23.6. The van der Waals surface area contributed by atoms with E-state index >= 15 is 14.0 Å². The predicted octanol–water partition coefficient (Wildman–Crippen LogP) is 4.24. The highest BCUT2D eigenvalue weighted by molar-refractivity contribution is 6.30. The molecule has 0 radical (unpaired) electrons. The van der Waals surface area contributed by atoms with Gasteiger partial charge in [0.15, 0.2) is 0 Å². The van der Waals surface area contributed by atoms with E-state index in [9.17, 15) is 47.5 Å². The highest BCUT2D eigenvalue weighted by atomic mass is 35.5. The van der Waals surface area contributed by atoms with Gasteiger partial charge in [0.05, 0.1) is 19.6 Å². The van der Waals surface area contributed by atoms with Crippen LogP contribution in [0.25, 0.3) is 0 Å². The van der Waals surface area contributed by atoms with E-state index in [-0.39, 0.29) is 62.3 Å². The number of nitrogens with zero attached hydrogens (tertiary/aromatic N) is 7. The Morgan fingerprint density at radius 3 is 1.67 bits per heavy atom. The van der Waals surface area contributed by atoms with Crippen molar-refractivity contribution in [3.05, 3.63) is 106 Å². The molecular formula is C66H94ClF2N11O11. The molecular weight excluding hydrogens is 1200 g/mol. The smallest absolute Gasteiger partial charge is 0.246 e. The van der Waals surface area contributed by atoms with E-state index in [0.717, 1.165) is 25.7 Å². The number of halogens is 3. The molecule has 91 heavy (non-hydrogen) atoms. The van der Waals surface area contributed by atoms with Crippen molar-refractivity contribution in [1.82, 2.24) is 55.6 Å². The number of benzene rings is 3. The van der Waals surface area contributed by atoms with Gasteiger partial charge in [0.25, 0.3) is 0 Å². The number of hydrogen-bond donors (Lipinski definition) is 4. The van der Waals surface area contributed by atoms with Gasteiger partial charge in [-0.2, -0.15) is 0 Å². The Morgan fingerprint density at radius 1 is 0.527 bits per heavy atom. The van der Waals surface area contributed by atoms with Crippen LogP contribution in [0.15, 0.2) is 72.8 Å². The van der Waals surface area contributed by atoms with Crippen LogP contribution in [-0.2, 0) is 72.0 Å². The summed E-state index contributed by atoms with van der Waals surface area (Å²) in [5.74, 6) is -10.3. The average molecular weight is 1290 g/mol. The molecule has 0 spiro atoms. The Hall–Kier alpha value is -8.02. The van der Waals surface area contributed by atoms with Gasteiger partial charge in [-0.25, -0.2) is 8.78 Å². The van der Waals surface area contributed by atoms with Crippen molar-refractivity contribution < 1.29 is 61.5 Å². The zero-order valence-corrected chi connectivity index (χ0v) is 56.1. The molecule has 3 aromatic rings. The maximum absolute atomic E-state index is 15.2. The summed E-state index contributed by atoms with van der Waals surface area (Å²) in [7, 11) is 9.63. The number of carbonyl (C=O) groups excluding carboxylic acids is 11. The molecule has 1 aliphatic rings. The highest BCUT2D eigenvalue weighted by Gasteiger charge is 2.40. The van der Waals surface area contributed by atoms with Crippen molar-refractivity contribution >= 4 is 76.6 Å². The number of amides is 11. The Balaban J connectivity index is 1.85. The minimum atomic E-state index is -1.52. The number of nitrogens with one attached hydrogen (secondary N) is 4. The van der Waals surface area contributed by atoms with Crippen molar-refractivity contribution in [3.8, 4) is 0 Å². The van der Waals surface area contributed by atoms with Crippen LogP contribution in [-0.4, -0.2) is 217 Å². The summed E-state index contributed by atoms with van der Waals surface area (Å²) >= 11 is 6.20. The van der Waals surface area contributed by atoms with Gasteiger partial charge < -0.3 is 55.6 Å². The fourth-order valence-electron chi connectivity index (χ4n) is 10.5. The molecule has 1 aliphatic heterocycles. The van der Waals surface area contributed by atoms with Crippen LogP contribution in [0.5, 0.6) is 0 Å². The first-order valence-corrected chi connectivity index (χ1v) is 31.2. The zero-order valence-electron chi connectivity index (χ0n) is 55.3. The topological polar surface area (TPSA) is 259 Å². The number of aryl methyl sites for hydroxylation is 1. The Kier molecular flexibility index (Phi) is 29.0. The van der Waals surface area contributed by atoms with Crippen LogP contribution in [0, 0.1) is 29.4 Å². The van der Waals surface area contributed by atoms with Crippen molar-refractivity contribution in [2.45, 2.75) is 155 Å². The molecule has 1 heterocycles. The number of rotatable bonds is 13. The van der Waals surface area contributed by atoms with Gasteiger partial charge >= 0.3 is 0 Å². The summed E-state index contributed by atoms with van der Waals surface area (Å²) in [5, 5.41) is 11.5. The van der Waals surface area contributed by atoms with Gasteiger partial charge in [0.2, 0.25) is 65.0 Å². The molecule has 9 atom stereocenters. The summed E-state index contributed by atoms with van der Waals surface area (Å²) in [6.45, 7) is 12.2. The minimum absolute atomic E-state index is 0.00664. The maximum atomic E-state index is 15.2. The second kappa shape index (κ2) is 35.0. The van der Waals surface area contributed by atoms with Gasteiger partial charge in [0.1, 0.15) is 53.9 Å². The van der Waals surface area contributed by atoms with E-state index in [4.69, 9.17) is 11.6 Å². The third-order valence-corrected chi connectivity index (χ3v) is 16.9. The third-order valence-electron chi connectivity index (χ3n) is 16.7. The Labute approximate surface area is 539 Å². The molecule has 1 saturated heterocycles. The zero-order chi connectivity index (χ0) is 68.3. The molecule has 4 rings (SSSR count). The van der Waals surface area contributed by atoms with Crippen LogP contribution >= 0.6 is 11.6 Å². The third kappa shape index (κ3) is 22.1. The van der Waals surface area contributed by atoms with E-state index in [1.54, 1.807) is 68.4 Å². The first-order valence-electron chi connectivity index (χ1n) is 30.9. The van der Waals surface area contributed by atoms with Crippen LogP contribution in [0.1, 0.15) is 104 Å². The standard InChI is InChI=1S/C66H94ClF2N11O11/c1-16-41(6)59-66(91)76(11)37-57(83)74(9)38-58(84)78(13)53(34-45-22-26-47(67)27-23-45)64(89)75(10)36-55(81)71-50(29-25-46-24-28-48(68)35-49(46)69)61(86)72-51(30-39(2)3)63(88)80(15)54(33-44-20-18-17-19-21-44)65(90)79(14)52(31-40(4)5)62(87)70-42(7)32-56(82)77(12)43(8)60(85)73-59/h17-24,26-28,35,39-43,50-54,59H,16,25,29-34,36-38H2,1-15H3,(H,70,87)(H,71,81)(H,72,86)(H,73,85)/t41?,42-,43+,50+,51+,52+,53+,54+,59+/m1/s1. The lowest BCUT2D eigenvalue weighted by molar-refractivity contribution is -0.149. The van der Waals surface area contributed by atoms with Crippen LogP contribution in [0.4, 0.5) is 8.78 Å². The first-order chi connectivity index (χ1) is 42.6. The molecule has 0 aromatic heterocycles. The predicted molar refractivity (Wildman–Crippen MR) is 341 cm³/mol. The summed E-state index contributed by atoms with van der Waals surface area (Å²) < 4.78 is 29.3. The fourth-order valence-corrected chi connectivity index (χ4v) is 10.7. The Bertz CT molecular complexity index is 3050. The second-order valence-corrected chi connectivity index (χ2v) is 25.4. The molecule has 0 saturated carbocycles. The quantitative estimate of drug-likeness (QED) is 0.188. The summed E-state index contributed by atoms with van der Waals surface area (Å²) in [5.41, 5.74) is 1.23. The SMILES string of the molecule is CCC(C)[C@@H]1NC(=O)[C@H](C)N(C)C(=O)C[C@@H](C)NC(=O)[C@H](CC(C)C)N(C)C(=O)[C@H](Cc2ccccc2)N(C)C(=O)[C@H](CC(C)C)NC(=O)[C@H](CCc2ccc(F)cc2F)NC(=O)CN(C)C(=O)[C@H](Cc2ccc(Cl)cc2)N(C)C(=O)CN(C)C(=O)CN(C)C1=O. The molecule has 500 valence electrons. The minimum Gasteiger partial charge on any atom is -0.351 e. The molecule has 11 amide bonds. The number of carbonyl (C=O) groups is 11. The van der Waals surface area contributed by atoms with Crippen molar-refractivity contribution in [3.63, 3.8) is 0 Å². The number of likely N-dealkylation sites (N-methyl/N-ethyl adjacent to an activating group) is 7. The van der Waals surface area contributed by atoms with Gasteiger partial charge in [-0.1, -0.05) is 108 Å². The van der Waals surface area contributed by atoms with E-state index in [2.05, 4.69) is 21.3 Å². The summed E-state index contributed by atoms with van der Waals surface area (Å²) in [6, 6.07) is 8.56. The van der Waals surface area contributed by atoms with Gasteiger partial charge in [-0.15, -0.1) is 0 Å². The number of hydrogen-bond acceptors (Lipinski definition) is 11. The molecule has 25 heteroatoms. The van der Waals surface area contributed by atoms with Gasteiger partial charge in [0, 0.05) is 85.7 Å². The average Bonchev–Trinajstić information content (AvgIpc) is 1.67. The highest BCUT2D eigenvalue weighted by Crippen LogP contribution is 2.22. The molecule has 1 unspecified atom stereocenters. The van der Waals surface area contributed by atoms with E-state index in [1.807, 2.05) is 34.6 Å².